The molecule has 138 valence electrons. The molecule has 0 aliphatic carbocycles. The van der Waals surface area contributed by atoms with E-state index in [2.05, 4.69) is 33.0 Å². The fourth-order valence-corrected chi connectivity index (χ4v) is 4.47. The van der Waals surface area contributed by atoms with Crippen LogP contribution in [-0.4, -0.2) is 33.5 Å². The molecule has 2 atom stereocenters. The minimum Gasteiger partial charge on any atom is -0.480 e. The molecule has 1 aromatic heterocycles. The lowest BCUT2D eigenvalue weighted by atomic mass is 9.94. The first-order valence-electron chi connectivity index (χ1n) is 9.24. The largest absolute Gasteiger partial charge is 0.480 e. The Balaban J connectivity index is 1.87. The molecule has 5 heteroatoms. The number of nitrogens with zero attached hydrogens (tertiary/aromatic N) is 2. The van der Waals surface area contributed by atoms with E-state index in [1.54, 1.807) is 0 Å². The van der Waals surface area contributed by atoms with E-state index in [4.69, 9.17) is 4.98 Å². The van der Waals surface area contributed by atoms with E-state index < -0.39 is 12.0 Å². The summed E-state index contributed by atoms with van der Waals surface area (Å²) in [6, 6.07) is 19.4. The molecule has 27 heavy (non-hydrogen) atoms. The normalized spacial score (nSPS) is 19.1. The highest BCUT2D eigenvalue weighted by molar-refractivity contribution is 9.10. The summed E-state index contributed by atoms with van der Waals surface area (Å²) in [4.78, 5) is 19.0. The monoisotopic (exact) mass is 424 g/mol. The number of para-hydroxylation sites is 1. The topological polar surface area (TPSA) is 53.4 Å². The van der Waals surface area contributed by atoms with Crippen LogP contribution in [0.25, 0.3) is 10.9 Å². The van der Waals surface area contributed by atoms with Crippen molar-refractivity contribution in [1.82, 2.24) is 9.88 Å². The van der Waals surface area contributed by atoms with Gasteiger partial charge >= 0.3 is 5.97 Å². The van der Waals surface area contributed by atoms with Gasteiger partial charge in [-0.3, -0.25) is 14.7 Å². The van der Waals surface area contributed by atoms with Crippen LogP contribution in [0.1, 0.15) is 36.6 Å². The SMILES string of the molecule is O=C(O)C1CCCCN1C(c1ccc2ccccc2n1)c1ccccc1Br. The van der Waals surface area contributed by atoms with Crippen molar-refractivity contribution in [3.63, 3.8) is 0 Å². The standard InChI is InChI=1S/C22H21BrN2O2/c23-17-9-3-2-8-16(17)21(25-14-6-5-11-20(25)22(26)27)19-13-12-15-7-1-4-10-18(15)24-19/h1-4,7-10,12-13,20-21H,5-6,11,14H2,(H,26,27). The summed E-state index contributed by atoms with van der Waals surface area (Å²) in [5, 5.41) is 10.9. The number of aromatic nitrogens is 1. The van der Waals surface area contributed by atoms with Gasteiger partial charge in [-0.2, -0.15) is 0 Å². The zero-order valence-corrected chi connectivity index (χ0v) is 16.5. The number of halogens is 1. The zero-order chi connectivity index (χ0) is 18.8. The Morgan fingerprint density at radius 2 is 1.85 bits per heavy atom. The molecule has 1 aliphatic heterocycles. The number of hydrogen-bond donors (Lipinski definition) is 1. The Bertz CT molecular complexity index is 975. The van der Waals surface area contributed by atoms with Gasteiger partial charge in [0.25, 0.3) is 0 Å². The molecule has 1 saturated heterocycles. The molecule has 0 saturated carbocycles. The second kappa shape index (κ2) is 7.79. The predicted octanol–water partition coefficient (Wildman–Crippen LogP) is 5.03. The Kier molecular flexibility index (Phi) is 5.23. The van der Waals surface area contributed by atoms with Crippen LogP contribution in [0.4, 0.5) is 0 Å². The molecule has 1 N–H and O–H groups in total. The van der Waals surface area contributed by atoms with E-state index in [1.165, 1.54) is 0 Å². The van der Waals surface area contributed by atoms with Gasteiger partial charge in [0.2, 0.25) is 0 Å². The van der Waals surface area contributed by atoms with E-state index in [0.29, 0.717) is 6.42 Å². The third kappa shape index (κ3) is 3.62. The van der Waals surface area contributed by atoms with Gasteiger partial charge in [0.05, 0.1) is 17.3 Å². The highest BCUT2D eigenvalue weighted by Gasteiger charge is 2.36. The number of carboxylic acid groups (broad SMARTS) is 1. The van der Waals surface area contributed by atoms with Gasteiger partial charge in [-0.25, -0.2) is 0 Å². The van der Waals surface area contributed by atoms with E-state index in [9.17, 15) is 9.90 Å². The van der Waals surface area contributed by atoms with Crippen LogP contribution in [0.3, 0.4) is 0 Å². The Morgan fingerprint density at radius 3 is 2.67 bits per heavy atom. The van der Waals surface area contributed by atoms with Gasteiger partial charge < -0.3 is 5.11 Å². The number of carboxylic acids is 1. The second-order valence-electron chi connectivity index (χ2n) is 6.94. The molecule has 2 unspecified atom stereocenters. The van der Waals surface area contributed by atoms with Crippen molar-refractivity contribution in [2.75, 3.05) is 6.54 Å². The first kappa shape index (κ1) is 18.1. The minimum atomic E-state index is -0.757. The Hall–Kier alpha value is -2.24. The summed E-state index contributed by atoms with van der Waals surface area (Å²) >= 11 is 3.67. The molecule has 1 fully saturated rings. The van der Waals surface area contributed by atoms with Crippen LogP contribution < -0.4 is 0 Å². The minimum absolute atomic E-state index is 0.202. The number of pyridine rings is 1. The number of piperidine rings is 1. The van der Waals surface area contributed by atoms with Crippen LogP contribution >= 0.6 is 15.9 Å². The molecule has 4 rings (SSSR count). The highest BCUT2D eigenvalue weighted by atomic mass is 79.9. The van der Waals surface area contributed by atoms with Crippen LogP contribution in [0, 0.1) is 0 Å². The summed E-state index contributed by atoms with van der Waals surface area (Å²) in [6.45, 7) is 0.747. The molecule has 2 aromatic carbocycles. The maximum absolute atomic E-state index is 12.0. The smallest absolute Gasteiger partial charge is 0.320 e. The molecule has 0 bridgehead atoms. The summed E-state index contributed by atoms with van der Waals surface area (Å²) in [5.74, 6) is -0.757. The van der Waals surface area contributed by atoms with Crippen molar-refractivity contribution in [3.8, 4) is 0 Å². The fraction of sp³-hybridized carbons (Fsp3) is 0.273. The number of likely N-dealkylation sites (tertiary alicyclic amines) is 1. The lowest BCUT2D eigenvalue weighted by Crippen LogP contribution is -2.47. The maximum Gasteiger partial charge on any atom is 0.320 e. The average Bonchev–Trinajstić information content (AvgIpc) is 2.70. The quantitative estimate of drug-likeness (QED) is 0.638. The lowest BCUT2D eigenvalue weighted by molar-refractivity contribution is -0.145. The molecule has 2 heterocycles. The fourth-order valence-electron chi connectivity index (χ4n) is 3.97. The van der Waals surface area contributed by atoms with E-state index in [1.807, 2.05) is 48.5 Å². The Labute approximate surface area is 167 Å². The number of benzene rings is 2. The van der Waals surface area contributed by atoms with Crippen molar-refractivity contribution < 1.29 is 9.90 Å². The highest BCUT2D eigenvalue weighted by Crippen LogP contribution is 2.37. The maximum atomic E-state index is 12.0. The first-order chi connectivity index (χ1) is 13.1. The van der Waals surface area contributed by atoms with Crippen molar-refractivity contribution in [1.29, 1.82) is 0 Å². The number of hydrogen-bond acceptors (Lipinski definition) is 3. The van der Waals surface area contributed by atoms with Gasteiger partial charge in [-0.05, 0) is 43.1 Å². The van der Waals surface area contributed by atoms with Crippen molar-refractivity contribution in [2.45, 2.75) is 31.3 Å². The first-order valence-corrected chi connectivity index (χ1v) is 10.0. The van der Waals surface area contributed by atoms with Crippen molar-refractivity contribution >= 4 is 32.8 Å². The third-order valence-electron chi connectivity index (χ3n) is 5.26. The lowest BCUT2D eigenvalue weighted by Gasteiger charge is -2.39. The molecule has 1 aliphatic rings. The molecule has 0 amide bonds. The molecular formula is C22H21BrN2O2. The van der Waals surface area contributed by atoms with Crippen LogP contribution in [0.5, 0.6) is 0 Å². The predicted molar refractivity (Wildman–Crippen MR) is 110 cm³/mol. The number of fused-ring (bicyclic) bond motifs is 1. The van der Waals surface area contributed by atoms with E-state index in [-0.39, 0.29) is 6.04 Å². The second-order valence-corrected chi connectivity index (χ2v) is 7.79. The molecule has 0 spiro atoms. The van der Waals surface area contributed by atoms with Crippen LogP contribution in [-0.2, 0) is 4.79 Å². The van der Waals surface area contributed by atoms with Gasteiger partial charge in [0, 0.05) is 9.86 Å². The van der Waals surface area contributed by atoms with Crippen molar-refractivity contribution in [3.05, 3.63) is 76.4 Å². The van der Waals surface area contributed by atoms with Gasteiger partial charge in [-0.15, -0.1) is 0 Å². The molecule has 0 radical (unpaired) electrons. The summed E-state index contributed by atoms with van der Waals surface area (Å²) in [5.41, 5.74) is 2.86. The summed E-state index contributed by atoms with van der Waals surface area (Å²) in [6.07, 6.45) is 2.61. The molecular weight excluding hydrogens is 404 g/mol. The zero-order valence-electron chi connectivity index (χ0n) is 14.9. The van der Waals surface area contributed by atoms with Crippen LogP contribution in [0.15, 0.2) is 65.1 Å². The Morgan fingerprint density at radius 1 is 1.07 bits per heavy atom. The number of rotatable bonds is 4. The average molecular weight is 425 g/mol. The molecule has 4 nitrogen and oxygen atoms in total. The van der Waals surface area contributed by atoms with Crippen molar-refractivity contribution in [2.24, 2.45) is 0 Å². The number of carbonyl (C=O) groups is 1. The van der Waals surface area contributed by atoms with E-state index >= 15 is 0 Å². The molecule has 3 aromatic rings. The van der Waals surface area contributed by atoms with Gasteiger partial charge in [-0.1, -0.05) is 64.8 Å². The van der Waals surface area contributed by atoms with Gasteiger partial charge in [0.1, 0.15) is 6.04 Å². The van der Waals surface area contributed by atoms with Crippen LogP contribution in [0.2, 0.25) is 0 Å². The third-order valence-corrected chi connectivity index (χ3v) is 5.98. The number of aliphatic carboxylic acids is 1. The summed E-state index contributed by atoms with van der Waals surface area (Å²) in [7, 11) is 0. The van der Waals surface area contributed by atoms with Gasteiger partial charge in [0.15, 0.2) is 0 Å². The van der Waals surface area contributed by atoms with E-state index in [0.717, 1.165) is 46.0 Å². The summed E-state index contributed by atoms with van der Waals surface area (Å²) < 4.78 is 0.972.